The van der Waals surface area contributed by atoms with E-state index in [1.54, 1.807) is 12.1 Å². The second-order valence-electron chi connectivity index (χ2n) is 5.83. The third-order valence-electron chi connectivity index (χ3n) is 4.30. The monoisotopic (exact) mass is 326 g/mol. The Labute approximate surface area is 138 Å². The highest BCUT2D eigenvalue weighted by atomic mass is 32.2. The number of anilines is 1. The maximum atomic E-state index is 13.3. The largest absolute Gasteiger partial charge is 0.360 e. The lowest BCUT2D eigenvalue weighted by Crippen LogP contribution is -2.41. The number of halogens is 1. The normalized spacial score (nSPS) is 21.7. The predicted molar refractivity (Wildman–Crippen MR) is 93.9 cm³/mol. The summed E-state index contributed by atoms with van der Waals surface area (Å²) in [6, 6.07) is 13.7. The molecule has 1 N–H and O–H groups in total. The van der Waals surface area contributed by atoms with Crippen LogP contribution in [0.1, 0.15) is 18.5 Å². The molecule has 2 aromatic carbocycles. The van der Waals surface area contributed by atoms with E-state index in [9.17, 15) is 4.39 Å². The van der Waals surface area contributed by atoms with E-state index < -0.39 is 0 Å². The predicted octanol–water partition coefficient (Wildman–Crippen LogP) is 4.55. The molecule has 1 aliphatic rings. The minimum atomic E-state index is -0.192. The fourth-order valence-electron chi connectivity index (χ4n) is 3.16. The molecule has 0 amide bonds. The van der Waals surface area contributed by atoms with Crippen LogP contribution in [0.15, 0.2) is 48.7 Å². The number of fused-ring (bicyclic) bond motifs is 1. The van der Waals surface area contributed by atoms with Crippen molar-refractivity contribution < 1.29 is 4.39 Å². The van der Waals surface area contributed by atoms with E-state index in [1.165, 1.54) is 0 Å². The summed E-state index contributed by atoms with van der Waals surface area (Å²) in [6.07, 6.45) is 1.83. The standard InChI is InChI=1S/C18H17FN3S/c1-12-10-23-11-18(13-2-5-15(19)6-3-13)22(12)16-7-4-14-9-20-21-17(14)8-16/h2-10,12,18H,11H2,1H3,(H,20,21). The molecule has 1 aliphatic heterocycles. The molecule has 3 aromatic rings. The summed E-state index contributed by atoms with van der Waals surface area (Å²) in [4.78, 5) is 2.39. The third kappa shape index (κ3) is 2.70. The number of hydrogen-bond acceptors (Lipinski definition) is 3. The molecule has 4 rings (SSSR count). The Bertz CT molecular complexity index is 815. The number of benzene rings is 2. The van der Waals surface area contributed by atoms with Crippen molar-refractivity contribution >= 4 is 28.4 Å². The molecule has 2 atom stereocenters. The van der Waals surface area contributed by atoms with Crippen molar-refractivity contribution in [1.29, 1.82) is 0 Å². The summed E-state index contributed by atoms with van der Waals surface area (Å²) < 4.78 is 13.3. The lowest BCUT2D eigenvalue weighted by atomic mass is 10.0. The van der Waals surface area contributed by atoms with E-state index in [4.69, 9.17) is 0 Å². The van der Waals surface area contributed by atoms with Crippen molar-refractivity contribution in [2.75, 3.05) is 10.7 Å². The zero-order valence-electron chi connectivity index (χ0n) is 12.7. The maximum Gasteiger partial charge on any atom is 0.123 e. The molecule has 2 unspecified atom stereocenters. The molecule has 5 heteroatoms. The topological polar surface area (TPSA) is 31.9 Å². The number of nitrogens with zero attached hydrogens (tertiary/aromatic N) is 2. The van der Waals surface area contributed by atoms with Gasteiger partial charge in [0, 0.05) is 28.6 Å². The molecule has 2 heterocycles. The molecule has 1 radical (unpaired) electrons. The van der Waals surface area contributed by atoms with Gasteiger partial charge in [0.1, 0.15) is 5.82 Å². The highest BCUT2D eigenvalue weighted by molar-refractivity contribution is 8.01. The Hall–Kier alpha value is -2.01. The van der Waals surface area contributed by atoms with Gasteiger partial charge in [-0.15, -0.1) is 0 Å². The number of nitrogens with one attached hydrogen (secondary N) is 1. The van der Waals surface area contributed by atoms with E-state index in [0.29, 0.717) is 6.04 Å². The molecule has 0 aliphatic carbocycles. The van der Waals surface area contributed by atoms with Crippen LogP contribution in [0.2, 0.25) is 0 Å². The smallest absolute Gasteiger partial charge is 0.123 e. The quantitative estimate of drug-likeness (QED) is 0.750. The third-order valence-corrected chi connectivity index (χ3v) is 5.39. The first-order chi connectivity index (χ1) is 11.2. The molecule has 0 spiro atoms. The van der Waals surface area contributed by atoms with Gasteiger partial charge in [0.25, 0.3) is 0 Å². The van der Waals surface area contributed by atoms with Crippen molar-refractivity contribution in [3.05, 3.63) is 65.8 Å². The van der Waals surface area contributed by atoms with Crippen LogP contribution in [-0.2, 0) is 0 Å². The van der Waals surface area contributed by atoms with Crippen molar-refractivity contribution in [2.24, 2.45) is 0 Å². The molecular weight excluding hydrogens is 309 g/mol. The first-order valence-electron chi connectivity index (χ1n) is 7.64. The SMILES string of the molecule is CC1[CH]SCC(c2ccc(F)cc2)N1c1ccc2cn[nH]c2c1. The Balaban J connectivity index is 1.75. The van der Waals surface area contributed by atoms with Gasteiger partial charge < -0.3 is 4.90 Å². The number of rotatable bonds is 2. The zero-order chi connectivity index (χ0) is 15.8. The molecule has 0 saturated carbocycles. The van der Waals surface area contributed by atoms with Crippen LogP contribution in [0.5, 0.6) is 0 Å². The minimum Gasteiger partial charge on any atom is -0.360 e. The Morgan fingerprint density at radius 3 is 2.87 bits per heavy atom. The van der Waals surface area contributed by atoms with E-state index >= 15 is 0 Å². The molecule has 1 fully saturated rings. The summed E-state index contributed by atoms with van der Waals surface area (Å²) in [5.74, 6) is 3.02. The first-order valence-corrected chi connectivity index (χ1v) is 8.69. The zero-order valence-corrected chi connectivity index (χ0v) is 13.6. The van der Waals surface area contributed by atoms with E-state index in [0.717, 1.165) is 27.9 Å². The summed E-state index contributed by atoms with van der Waals surface area (Å²) in [6.45, 7) is 2.19. The van der Waals surface area contributed by atoms with E-state index in [1.807, 2.05) is 30.1 Å². The molecule has 3 nitrogen and oxygen atoms in total. The lowest BCUT2D eigenvalue weighted by Gasteiger charge is -2.42. The number of thioether (sulfide) groups is 1. The van der Waals surface area contributed by atoms with Crippen molar-refractivity contribution in [3.63, 3.8) is 0 Å². The van der Waals surface area contributed by atoms with Crippen LogP contribution >= 0.6 is 11.8 Å². The van der Waals surface area contributed by atoms with Gasteiger partial charge in [0.15, 0.2) is 0 Å². The minimum absolute atomic E-state index is 0.192. The second-order valence-corrected chi connectivity index (χ2v) is 6.77. The second kappa shape index (κ2) is 5.89. The summed E-state index contributed by atoms with van der Waals surface area (Å²) in [5, 5.41) is 8.24. The summed E-state index contributed by atoms with van der Waals surface area (Å²) >= 11 is 1.83. The van der Waals surface area contributed by atoms with Gasteiger partial charge in [-0.3, -0.25) is 5.10 Å². The van der Waals surface area contributed by atoms with Gasteiger partial charge >= 0.3 is 0 Å². The van der Waals surface area contributed by atoms with Gasteiger partial charge in [-0.05, 0) is 42.8 Å². The first kappa shape index (κ1) is 14.6. The number of aromatic nitrogens is 2. The van der Waals surface area contributed by atoms with E-state index in [-0.39, 0.29) is 11.9 Å². The molecule has 1 aromatic heterocycles. The van der Waals surface area contributed by atoms with Crippen LogP contribution in [-0.4, -0.2) is 22.0 Å². The van der Waals surface area contributed by atoms with Crippen LogP contribution in [0.25, 0.3) is 10.9 Å². The average molecular weight is 326 g/mol. The molecule has 0 bridgehead atoms. The Morgan fingerprint density at radius 1 is 1.22 bits per heavy atom. The van der Waals surface area contributed by atoms with Gasteiger partial charge in [-0.2, -0.15) is 16.9 Å². The highest BCUT2D eigenvalue weighted by Crippen LogP contribution is 2.39. The van der Waals surface area contributed by atoms with Crippen LogP contribution in [0.4, 0.5) is 10.1 Å². The molecular formula is C18H17FN3S. The molecule has 23 heavy (non-hydrogen) atoms. The van der Waals surface area contributed by atoms with Gasteiger partial charge in [0.2, 0.25) is 0 Å². The highest BCUT2D eigenvalue weighted by Gasteiger charge is 2.30. The van der Waals surface area contributed by atoms with Crippen molar-refractivity contribution in [2.45, 2.75) is 19.0 Å². The number of aromatic amines is 1. The van der Waals surface area contributed by atoms with Gasteiger partial charge in [-0.25, -0.2) is 4.39 Å². The Kier molecular flexibility index (Phi) is 3.73. The van der Waals surface area contributed by atoms with Crippen molar-refractivity contribution in [1.82, 2.24) is 10.2 Å². The van der Waals surface area contributed by atoms with Crippen molar-refractivity contribution in [3.8, 4) is 0 Å². The van der Waals surface area contributed by atoms with Crippen LogP contribution < -0.4 is 4.90 Å². The van der Waals surface area contributed by atoms with Crippen LogP contribution in [0.3, 0.4) is 0 Å². The van der Waals surface area contributed by atoms with Crippen LogP contribution in [0, 0.1) is 11.6 Å². The maximum absolute atomic E-state index is 13.3. The van der Waals surface area contributed by atoms with Gasteiger partial charge in [0.05, 0.1) is 17.8 Å². The fraction of sp³-hybridized carbons (Fsp3) is 0.222. The summed E-state index contributed by atoms with van der Waals surface area (Å²) in [7, 11) is 0. The summed E-state index contributed by atoms with van der Waals surface area (Å²) in [5.41, 5.74) is 3.33. The van der Waals surface area contributed by atoms with E-state index in [2.05, 4.69) is 46.0 Å². The average Bonchev–Trinajstić information content (AvgIpc) is 3.03. The molecule has 117 valence electrons. The molecule has 1 saturated heterocycles. The van der Waals surface area contributed by atoms with Gasteiger partial charge in [-0.1, -0.05) is 12.1 Å². The number of hydrogen-bond donors (Lipinski definition) is 1. The fourth-order valence-corrected chi connectivity index (χ4v) is 4.21. The Morgan fingerprint density at radius 2 is 2.04 bits per heavy atom. The lowest BCUT2D eigenvalue weighted by molar-refractivity contribution is 0.607. The number of H-pyrrole nitrogens is 1.